The zero-order chi connectivity index (χ0) is 18.6. The Bertz CT molecular complexity index is 772. The van der Waals surface area contributed by atoms with Gasteiger partial charge in [-0.15, -0.1) is 0 Å². The largest absolute Gasteiger partial charge is 0.480 e. The molecule has 0 radical (unpaired) electrons. The zero-order valence-corrected chi connectivity index (χ0v) is 12.7. The van der Waals surface area contributed by atoms with Crippen LogP contribution < -0.4 is 5.32 Å². The molecule has 2 aromatic rings. The average Bonchev–Trinajstić information content (AvgIpc) is 2.54. The van der Waals surface area contributed by atoms with Crippen LogP contribution in [0.15, 0.2) is 48.5 Å². The fraction of sp³-hybridized carbons (Fsp3) is 0.176. The average molecular weight is 355 g/mol. The summed E-state index contributed by atoms with van der Waals surface area (Å²) >= 11 is 0. The molecule has 2 aromatic carbocycles. The first-order valence-corrected chi connectivity index (χ1v) is 7.13. The van der Waals surface area contributed by atoms with Crippen LogP contribution >= 0.6 is 0 Å². The number of aliphatic carboxylic acids is 1. The number of amides is 1. The van der Waals surface area contributed by atoms with E-state index in [0.29, 0.717) is 0 Å². The van der Waals surface area contributed by atoms with Crippen molar-refractivity contribution in [2.45, 2.75) is 18.6 Å². The molecule has 2 rings (SSSR count). The van der Waals surface area contributed by atoms with E-state index < -0.39 is 35.5 Å². The number of nitrogens with one attached hydrogen (secondary N) is 1. The van der Waals surface area contributed by atoms with Crippen molar-refractivity contribution in [1.82, 2.24) is 5.32 Å². The molecule has 0 aliphatic carbocycles. The fourth-order valence-corrected chi connectivity index (χ4v) is 2.15. The van der Waals surface area contributed by atoms with Crippen LogP contribution in [0.25, 0.3) is 0 Å². The topological polar surface area (TPSA) is 66.4 Å². The molecular formula is C17H13F4NO3. The highest BCUT2D eigenvalue weighted by Crippen LogP contribution is 2.29. The molecular weight excluding hydrogens is 342 g/mol. The minimum absolute atomic E-state index is 0.242. The Morgan fingerprint density at radius 1 is 1.04 bits per heavy atom. The van der Waals surface area contributed by atoms with Gasteiger partial charge < -0.3 is 10.4 Å². The van der Waals surface area contributed by atoms with Crippen molar-refractivity contribution in [3.05, 3.63) is 71.0 Å². The van der Waals surface area contributed by atoms with Crippen LogP contribution in [0, 0.1) is 5.82 Å². The van der Waals surface area contributed by atoms with Gasteiger partial charge in [-0.05, 0) is 29.8 Å². The van der Waals surface area contributed by atoms with Gasteiger partial charge in [0.2, 0.25) is 0 Å². The molecule has 4 nitrogen and oxygen atoms in total. The Morgan fingerprint density at radius 2 is 1.64 bits per heavy atom. The normalized spacial score (nSPS) is 12.5. The van der Waals surface area contributed by atoms with E-state index in [4.69, 9.17) is 0 Å². The molecule has 0 heterocycles. The molecule has 0 spiro atoms. The molecule has 0 aliphatic rings. The van der Waals surface area contributed by atoms with E-state index in [2.05, 4.69) is 5.32 Å². The Hall–Kier alpha value is -2.90. The number of hydrogen-bond donors (Lipinski definition) is 2. The molecule has 0 aliphatic heterocycles. The molecule has 0 saturated carbocycles. The maximum absolute atomic E-state index is 13.6. The summed E-state index contributed by atoms with van der Waals surface area (Å²) in [7, 11) is 0. The van der Waals surface area contributed by atoms with Crippen molar-refractivity contribution >= 4 is 11.9 Å². The van der Waals surface area contributed by atoms with E-state index in [1.807, 2.05) is 0 Å². The third-order valence-electron chi connectivity index (χ3n) is 3.44. The Labute approximate surface area is 140 Å². The molecule has 25 heavy (non-hydrogen) atoms. The van der Waals surface area contributed by atoms with Crippen LogP contribution in [0.1, 0.15) is 21.5 Å². The van der Waals surface area contributed by atoms with Crippen molar-refractivity contribution in [3.63, 3.8) is 0 Å². The molecule has 8 heteroatoms. The van der Waals surface area contributed by atoms with Crippen LogP contribution in [0.5, 0.6) is 0 Å². The van der Waals surface area contributed by atoms with Crippen LogP contribution in [0.4, 0.5) is 17.6 Å². The zero-order valence-electron chi connectivity index (χ0n) is 12.7. The Morgan fingerprint density at radius 3 is 2.16 bits per heavy atom. The lowest BCUT2D eigenvalue weighted by Gasteiger charge is -2.15. The summed E-state index contributed by atoms with van der Waals surface area (Å²) < 4.78 is 51.1. The fourth-order valence-electron chi connectivity index (χ4n) is 2.15. The number of carboxylic acid groups (broad SMARTS) is 1. The second-order valence-corrected chi connectivity index (χ2v) is 5.24. The minimum atomic E-state index is -4.50. The highest BCUT2D eigenvalue weighted by Gasteiger charge is 2.30. The monoisotopic (exact) mass is 355 g/mol. The summed E-state index contributed by atoms with van der Waals surface area (Å²) in [4.78, 5) is 23.3. The Kier molecular flexibility index (Phi) is 5.41. The summed E-state index contributed by atoms with van der Waals surface area (Å²) in [6, 6.07) is 7.56. The Balaban J connectivity index is 2.12. The highest BCUT2D eigenvalue weighted by molar-refractivity contribution is 5.96. The predicted octanol–water partition coefficient (Wildman–Crippen LogP) is 3.27. The van der Waals surface area contributed by atoms with Gasteiger partial charge in [0.25, 0.3) is 5.91 Å². The van der Waals surface area contributed by atoms with Gasteiger partial charge in [0, 0.05) is 6.42 Å². The van der Waals surface area contributed by atoms with E-state index in [1.165, 1.54) is 18.2 Å². The molecule has 1 amide bonds. The number of rotatable bonds is 5. The van der Waals surface area contributed by atoms with E-state index >= 15 is 0 Å². The quantitative estimate of drug-likeness (QED) is 0.809. The second kappa shape index (κ2) is 7.33. The van der Waals surface area contributed by atoms with Gasteiger partial charge in [-0.2, -0.15) is 13.2 Å². The first kappa shape index (κ1) is 18.4. The maximum atomic E-state index is 13.6. The van der Waals surface area contributed by atoms with Gasteiger partial charge in [0.05, 0.1) is 11.1 Å². The number of carbonyl (C=O) groups is 2. The number of carbonyl (C=O) groups excluding carboxylic acids is 1. The smallest absolute Gasteiger partial charge is 0.416 e. The summed E-state index contributed by atoms with van der Waals surface area (Å²) in [6.07, 6.45) is -4.74. The second-order valence-electron chi connectivity index (χ2n) is 5.24. The summed E-state index contributed by atoms with van der Waals surface area (Å²) in [5, 5.41) is 11.4. The van der Waals surface area contributed by atoms with Crippen molar-refractivity contribution in [2.75, 3.05) is 0 Å². The first-order chi connectivity index (χ1) is 11.7. The summed E-state index contributed by atoms with van der Waals surface area (Å²) in [5.74, 6) is -3.11. The number of benzene rings is 2. The number of carboxylic acids is 1. The molecule has 1 atom stereocenters. The van der Waals surface area contributed by atoms with Gasteiger partial charge in [-0.3, -0.25) is 4.79 Å². The molecule has 2 N–H and O–H groups in total. The van der Waals surface area contributed by atoms with Gasteiger partial charge in [0.15, 0.2) is 0 Å². The number of hydrogen-bond acceptors (Lipinski definition) is 2. The summed E-state index contributed by atoms with van der Waals surface area (Å²) in [6.45, 7) is 0. The highest BCUT2D eigenvalue weighted by atomic mass is 19.4. The molecule has 132 valence electrons. The van der Waals surface area contributed by atoms with E-state index in [-0.39, 0.29) is 17.5 Å². The maximum Gasteiger partial charge on any atom is 0.416 e. The lowest BCUT2D eigenvalue weighted by molar-refractivity contribution is -0.139. The molecule has 0 saturated heterocycles. The van der Waals surface area contributed by atoms with Gasteiger partial charge in [-0.1, -0.05) is 24.3 Å². The third-order valence-corrected chi connectivity index (χ3v) is 3.44. The van der Waals surface area contributed by atoms with E-state index in [1.54, 1.807) is 0 Å². The van der Waals surface area contributed by atoms with Gasteiger partial charge in [0.1, 0.15) is 11.9 Å². The molecule has 0 bridgehead atoms. The number of halogens is 4. The van der Waals surface area contributed by atoms with Crippen LogP contribution in [-0.2, 0) is 17.4 Å². The van der Waals surface area contributed by atoms with Gasteiger partial charge >= 0.3 is 12.1 Å². The van der Waals surface area contributed by atoms with Crippen molar-refractivity contribution in [2.24, 2.45) is 0 Å². The van der Waals surface area contributed by atoms with Crippen LogP contribution in [0.3, 0.4) is 0 Å². The molecule has 0 unspecified atom stereocenters. The van der Waals surface area contributed by atoms with Crippen molar-refractivity contribution < 1.29 is 32.3 Å². The lowest BCUT2D eigenvalue weighted by atomic mass is 10.0. The standard InChI is InChI=1S/C17H13F4NO3/c18-13-4-2-1-3-12(13)15(23)22-14(16(24)25)9-10-5-7-11(8-6-10)17(19,20)21/h1-8,14H,9H2,(H,22,23)(H,24,25)/t14-/m0/s1. The predicted molar refractivity (Wildman–Crippen MR) is 80.4 cm³/mol. The van der Waals surface area contributed by atoms with Crippen molar-refractivity contribution in [1.29, 1.82) is 0 Å². The van der Waals surface area contributed by atoms with Crippen LogP contribution in [-0.4, -0.2) is 23.0 Å². The summed E-state index contributed by atoms with van der Waals surface area (Å²) in [5.41, 5.74) is -0.895. The van der Waals surface area contributed by atoms with E-state index in [9.17, 15) is 32.3 Å². The third kappa shape index (κ3) is 4.79. The number of alkyl halides is 3. The minimum Gasteiger partial charge on any atom is -0.480 e. The van der Waals surface area contributed by atoms with E-state index in [0.717, 1.165) is 30.3 Å². The van der Waals surface area contributed by atoms with Crippen molar-refractivity contribution in [3.8, 4) is 0 Å². The van der Waals surface area contributed by atoms with Crippen LogP contribution in [0.2, 0.25) is 0 Å². The first-order valence-electron chi connectivity index (χ1n) is 7.13. The molecule has 0 aromatic heterocycles. The molecule has 0 fully saturated rings. The lowest BCUT2D eigenvalue weighted by Crippen LogP contribution is -2.42. The SMILES string of the molecule is O=C(N[C@@H](Cc1ccc(C(F)(F)F)cc1)C(=O)O)c1ccccc1F. The van der Waals surface area contributed by atoms with Gasteiger partial charge in [-0.25, -0.2) is 9.18 Å².